The zero-order valence-electron chi connectivity index (χ0n) is 21.8. The molecule has 0 aromatic heterocycles. The van der Waals surface area contributed by atoms with Gasteiger partial charge < -0.3 is 10.2 Å². The van der Waals surface area contributed by atoms with E-state index in [0.29, 0.717) is 23.6 Å². The Morgan fingerprint density at radius 3 is 2.32 bits per heavy atom. The van der Waals surface area contributed by atoms with Crippen LogP contribution in [0, 0.1) is 12.7 Å². The van der Waals surface area contributed by atoms with Crippen molar-refractivity contribution in [3.63, 3.8) is 0 Å². The summed E-state index contributed by atoms with van der Waals surface area (Å²) < 4.78 is 14.3. The van der Waals surface area contributed by atoms with Gasteiger partial charge >= 0.3 is 0 Å². The predicted molar refractivity (Wildman–Crippen MR) is 151 cm³/mol. The number of thioether (sulfide) groups is 1. The highest BCUT2D eigenvalue weighted by molar-refractivity contribution is 7.99. The molecule has 196 valence electrons. The molecule has 4 nitrogen and oxygen atoms in total. The molecule has 0 radical (unpaired) electrons. The molecule has 0 aliphatic heterocycles. The number of carbonyl (C=O) groups excluding carboxylic acids is 2. The van der Waals surface area contributed by atoms with E-state index in [0.717, 1.165) is 16.7 Å². The monoisotopic (exact) mass is 540 g/mol. The maximum atomic E-state index is 14.3. The lowest BCUT2D eigenvalue weighted by Gasteiger charge is -2.34. The zero-order chi connectivity index (χ0) is 27.0. The van der Waals surface area contributed by atoms with Crippen molar-refractivity contribution in [2.75, 3.05) is 5.75 Å². The summed E-state index contributed by atoms with van der Waals surface area (Å²) in [5, 5.41) is 3.40. The summed E-state index contributed by atoms with van der Waals surface area (Å²) in [4.78, 5) is 29.0. The molecule has 0 spiro atoms. The van der Waals surface area contributed by atoms with Crippen LogP contribution < -0.4 is 5.32 Å². The lowest BCUT2D eigenvalue weighted by Crippen LogP contribution is -2.54. The summed E-state index contributed by atoms with van der Waals surface area (Å²) in [7, 11) is 0. The van der Waals surface area contributed by atoms with Crippen LogP contribution in [0.5, 0.6) is 0 Å². The molecule has 0 saturated heterocycles. The van der Waals surface area contributed by atoms with Gasteiger partial charge in [-0.3, -0.25) is 9.59 Å². The molecule has 3 rings (SSSR count). The Morgan fingerprint density at radius 2 is 1.68 bits per heavy atom. The minimum absolute atomic E-state index is 0.0879. The van der Waals surface area contributed by atoms with Crippen LogP contribution in [0.1, 0.15) is 43.0 Å². The number of nitrogens with one attached hydrogen (secondary N) is 1. The van der Waals surface area contributed by atoms with Gasteiger partial charge in [0.15, 0.2) is 0 Å². The zero-order valence-corrected chi connectivity index (χ0v) is 23.3. The van der Waals surface area contributed by atoms with E-state index in [2.05, 4.69) is 5.32 Å². The fraction of sp³-hybridized carbons (Fsp3) is 0.333. The van der Waals surface area contributed by atoms with Gasteiger partial charge in [0.2, 0.25) is 11.8 Å². The number of hydrogen-bond donors (Lipinski definition) is 1. The van der Waals surface area contributed by atoms with Gasteiger partial charge in [0.05, 0.1) is 5.75 Å². The molecule has 0 aliphatic carbocycles. The van der Waals surface area contributed by atoms with Crippen LogP contribution in [0.2, 0.25) is 5.02 Å². The third kappa shape index (κ3) is 8.61. The highest BCUT2D eigenvalue weighted by Gasteiger charge is 2.32. The Kier molecular flexibility index (Phi) is 10.2. The van der Waals surface area contributed by atoms with Crippen LogP contribution in [0.4, 0.5) is 4.39 Å². The van der Waals surface area contributed by atoms with Crippen LogP contribution >= 0.6 is 23.4 Å². The van der Waals surface area contributed by atoms with Gasteiger partial charge in [0.1, 0.15) is 11.9 Å². The van der Waals surface area contributed by atoms with Crippen molar-refractivity contribution in [3.8, 4) is 0 Å². The van der Waals surface area contributed by atoms with E-state index in [1.807, 2.05) is 82.3 Å². The lowest BCUT2D eigenvalue weighted by atomic mass is 10.00. The molecule has 1 atom stereocenters. The van der Waals surface area contributed by atoms with Crippen LogP contribution in [0.25, 0.3) is 0 Å². The second-order valence-electron chi connectivity index (χ2n) is 10.1. The highest BCUT2D eigenvalue weighted by Crippen LogP contribution is 2.25. The maximum Gasteiger partial charge on any atom is 0.243 e. The Bertz CT molecular complexity index is 1190. The number of carbonyl (C=O) groups is 2. The number of hydrogen-bond acceptors (Lipinski definition) is 3. The lowest BCUT2D eigenvalue weighted by molar-refractivity contribution is -0.140. The molecule has 0 aliphatic rings. The van der Waals surface area contributed by atoms with E-state index in [-0.39, 0.29) is 23.3 Å². The van der Waals surface area contributed by atoms with Gasteiger partial charge in [-0.15, -0.1) is 11.8 Å². The summed E-state index contributed by atoms with van der Waals surface area (Å²) in [6.07, 6.45) is 0.379. The van der Waals surface area contributed by atoms with Crippen molar-refractivity contribution in [3.05, 3.63) is 106 Å². The van der Waals surface area contributed by atoms with E-state index in [4.69, 9.17) is 11.6 Å². The first-order chi connectivity index (χ1) is 17.5. The fourth-order valence-corrected chi connectivity index (χ4v) is 5.22. The second kappa shape index (κ2) is 13.1. The van der Waals surface area contributed by atoms with Gasteiger partial charge in [-0.05, 0) is 56.5 Å². The van der Waals surface area contributed by atoms with Crippen molar-refractivity contribution >= 4 is 35.2 Å². The SMILES string of the molecule is Cc1ccccc1CN(C(=O)CSCc1c(F)cccc1Cl)[C@H](Cc1ccccc1)C(=O)NC(C)(C)C. The van der Waals surface area contributed by atoms with Crippen LogP contribution in [-0.4, -0.2) is 34.0 Å². The summed E-state index contributed by atoms with van der Waals surface area (Å²) in [5.74, 6) is -0.445. The largest absolute Gasteiger partial charge is 0.350 e. The quantitative estimate of drug-likeness (QED) is 0.316. The molecular formula is C30H34ClFN2O2S. The van der Waals surface area contributed by atoms with Gasteiger partial charge in [-0.1, -0.05) is 72.3 Å². The molecule has 0 saturated carbocycles. The van der Waals surface area contributed by atoms with E-state index in [1.54, 1.807) is 17.0 Å². The van der Waals surface area contributed by atoms with Gasteiger partial charge in [0.25, 0.3) is 0 Å². The smallest absolute Gasteiger partial charge is 0.243 e. The molecule has 3 aromatic carbocycles. The molecule has 37 heavy (non-hydrogen) atoms. The normalized spacial score (nSPS) is 12.2. The third-order valence-electron chi connectivity index (χ3n) is 5.90. The summed E-state index contributed by atoms with van der Waals surface area (Å²) in [6, 6.07) is 21.4. The number of nitrogens with zero attached hydrogens (tertiary/aromatic N) is 1. The Labute approximate surface area is 228 Å². The Morgan fingerprint density at radius 1 is 1.00 bits per heavy atom. The molecule has 7 heteroatoms. The molecular weight excluding hydrogens is 507 g/mol. The van der Waals surface area contributed by atoms with Crippen LogP contribution in [0.15, 0.2) is 72.8 Å². The first kappa shape index (κ1) is 28.7. The van der Waals surface area contributed by atoms with E-state index in [9.17, 15) is 14.0 Å². The highest BCUT2D eigenvalue weighted by atomic mass is 35.5. The first-order valence-corrected chi connectivity index (χ1v) is 13.8. The molecule has 0 bridgehead atoms. The third-order valence-corrected chi connectivity index (χ3v) is 7.20. The predicted octanol–water partition coefficient (Wildman–Crippen LogP) is 6.58. The van der Waals surface area contributed by atoms with Crippen molar-refractivity contribution in [2.45, 2.75) is 58.0 Å². The summed E-state index contributed by atoms with van der Waals surface area (Å²) >= 11 is 7.46. The van der Waals surface area contributed by atoms with Gasteiger partial charge in [0, 0.05) is 34.8 Å². The van der Waals surface area contributed by atoms with Crippen LogP contribution in [0.3, 0.4) is 0 Å². The van der Waals surface area contributed by atoms with Crippen molar-refractivity contribution in [2.24, 2.45) is 0 Å². The molecule has 0 heterocycles. The number of halogens is 2. The van der Waals surface area contributed by atoms with E-state index < -0.39 is 17.4 Å². The van der Waals surface area contributed by atoms with Crippen molar-refractivity contribution in [1.29, 1.82) is 0 Å². The number of amides is 2. The average Bonchev–Trinajstić information content (AvgIpc) is 2.83. The molecule has 1 N–H and O–H groups in total. The topological polar surface area (TPSA) is 49.4 Å². The van der Waals surface area contributed by atoms with E-state index >= 15 is 0 Å². The first-order valence-electron chi connectivity index (χ1n) is 12.3. The Balaban J connectivity index is 1.90. The second-order valence-corrected chi connectivity index (χ2v) is 11.5. The van der Waals surface area contributed by atoms with Crippen molar-refractivity contribution in [1.82, 2.24) is 10.2 Å². The Hall–Kier alpha value is -2.83. The van der Waals surface area contributed by atoms with Gasteiger partial charge in [-0.25, -0.2) is 4.39 Å². The number of benzene rings is 3. The minimum atomic E-state index is -0.716. The minimum Gasteiger partial charge on any atom is -0.350 e. The molecule has 0 unspecified atom stereocenters. The average molecular weight is 541 g/mol. The van der Waals surface area contributed by atoms with Gasteiger partial charge in [-0.2, -0.15) is 0 Å². The molecule has 3 aromatic rings. The molecule has 2 amide bonds. The van der Waals surface area contributed by atoms with E-state index in [1.165, 1.54) is 17.8 Å². The summed E-state index contributed by atoms with van der Waals surface area (Å²) in [6.45, 7) is 8.06. The number of rotatable bonds is 10. The van der Waals surface area contributed by atoms with Crippen molar-refractivity contribution < 1.29 is 14.0 Å². The van der Waals surface area contributed by atoms with Crippen LogP contribution in [-0.2, 0) is 28.3 Å². The number of aryl methyl sites for hydroxylation is 1. The molecule has 0 fully saturated rings. The fourth-order valence-electron chi connectivity index (χ4n) is 3.97. The summed E-state index contributed by atoms with van der Waals surface area (Å²) in [5.41, 5.74) is 2.89. The maximum absolute atomic E-state index is 14.3. The standard InChI is InChI=1S/C30H34ClFN2O2S/c1-21-11-8-9-14-23(21)18-34(28(35)20-37-19-24-25(31)15-10-16-26(24)32)27(29(36)33-30(2,3)4)17-22-12-6-5-7-13-22/h5-16,27H,17-20H2,1-4H3,(H,33,36)/t27-/m1/s1.